The number of ether oxygens (including phenoxy) is 1. The molecule has 0 unspecified atom stereocenters. The third kappa shape index (κ3) is 5.19. The lowest BCUT2D eigenvalue weighted by Crippen LogP contribution is -2.49. The number of fused-ring (bicyclic) bond motifs is 1. The molecule has 11 heteroatoms. The quantitative estimate of drug-likeness (QED) is 0.386. The lowest BCUT2D eigenvalue weighted by Gasteiger charge is -2.35. The zero-order chi connectivity index (χ0) is 28.3. The van der Waals surface area contributed by atoms with Crippen LogP contribution in [0.25, 0.3) is 0 Å². The Bertz CT molecular complexity index is 1670. The topological polar surface area (TPSA) is 131 Å². The number of rotatable bonds is 6. The molecule has 0 spiro atoms. The summed E-state index contributed by atoms with van der Waals surface area (Å²) in [6.07, 6.45) is 4.73. The first-order chi connectivity index (χ1) is 20.0. The van der Waals surface area contributed by atoms with Gasteiger partial charge in [0.25, 0.3) is 11.5 Å². The van der Waals surface area contributed by atoms with Crippen molar-refractivity contribution in [2.45, 2.75) is 19.5 Å². The lowest BCUT2D eigenvalue weighted by molar-refractivity contribution is 0.0746. The Kier molecular flexibility index (Phi) is 7.04. The maximum absolute atomic E-state index is 13.3. The fraction of sp³-hybridized carbons (Fsp3) is 0.267. The second-order valence-electron chi connectivity index (χ2n) is 10.0. The maximum Gasteiger partial charge on any atom is 0.269 e. The van der Waals surface area contributed by atoms with E-state index in [1.165, 1.54) is 11.8 Å². The van der Waals surface area contributed by atoms with Crippen molar-refractivity contribution < 1.29 is 9.53 Å². The van der Waals surface area contributed by atoms with Gasteiger partial charge in [0, 0.05) is 43.9 Å². The molecule has 2 aliphatic rings. The van der Waals surface area contributed by atoms with Crippen LogP contribution in [0.5, 0.6) is 5.75 Å². The van der Waals surface area contributed by atoms with Gasteiger partial charge in [0.1, 0.15) is 24.2 Å². The van der Waals surface area contributed by atoms with Crippen molar-refractivity contribution in [2.75, 3.05) is 42.6 Å². The summed E-state index contributed by atoms with van der Waals surface area (Å²) in [6.45, 7) is 5.11. The van der Waals surface area contributed by atoms with Crippen molar-refractivity contribution >= 4 is 17.4 Å². The summed E-state index contributed by atoms with van der Waals surface area (Å²) in [5, 5.41) is 15.5. The van der Waals surface area contributed by atoms with Gasteiger partial charge >= 0.3 is 0 Å². The van der Waals surface area contributed by atoms with Crippen LogP contribution < -0.4 is 20.1 Å². The highest BCUT2D eigenvalue weighted by atomic mass is 16.5. The number of aromatic amines is 1. The average Bonchev–Trinajstić information content (AvgIpc) is 3.39. The third-order valence-corrected chi connectivity index (χ3v) is 7.65. The van der Waals surface area contributed by atoms with E-state index >= 15 is 0 Å². The molecule has 206 valence electrons. The first-order valence-electron chi connectivity index (χ1n) is 13.4. The molecule has 0 aliphatic carbocycles. The largest absolute Gasteiger partial charge is 0.491 e. The number of hydrogen-bond acceptors (Lipinski definition) is 9. The molecule has 11 nitrogen and oxygen atoms in total. The number of anilines is 2. The summed E-state index contributed by atoms with van der Waals surface area (Å²) >= 11 is 0. The second-order valence-corrected chi connectivity index (χ2v) is 10.0. The van der Waals surface area contributed by atoms with Crippen molar-refractivity contribution in [1.29, 1.82) is 5.26 Å². The predicted molar refractivity (Wildman–Crippen MR) is 152 cm³/mol. The van der Waals surface area contributed by atoms with Crippen LogP contribution >= 0.6 is 0 Å². The fourth-order valence-corrected chi connectivity index (χ4v) is 5.39. The van der Waals surface area contributed by atoms with Gasteiger partial charge in [-0.05, 0) is 36.2 Å². The average molecular weight is 549 g/mol. The van der Waals surface area contributed by atoms with Crippen molar-refractivity contribution in [1.82, 2.24) is 25.1 Å². The first kappa shape index (κ1) is 26.0. The number of nitrogens with one attached hydrogen (secondary N) is 1. The standard InChI is InChI=1S/C30H28N8O3/c1-20-26(16-34-35-29(20)39)38-18-22-5-2-3-8-25(22)27(38)19-41-24-7-4-6-21(13-24)30(40)37-11-9-36(10-12-37)28-17-32-23(14-31)15-33-28/h2-8,13,15-17,27H,9-12,18-19H2,1H3,(H,35,39)/t27-/m0/s1. The number of aromatic nitrogens is 4. The Morgan fingerprint density at radius 1 is 1.07 bits per heavy atom. The van der Waals surface area contributed by atoms with E-state index in [0.29, 0.717) is 62.0 Å². The van der Waals surface area contributed by atoms with Gasteiger partial charge in [-0.1, -0.05) is 30.3 Å². The van der Waals surface area contributed by atoms with Crippen molar-refractivity contribution in [3.63, 3.8) is 0 Å². The van der Waals surface area contributed by atoms with Gasteiger partial charge in [-0.25, -0.2) is 15.1 Å². The molecule has 1 N–H and O–H groups in total. The van der Waals surface area contributed by atoms with Crippen LogP contribution in [0.4, 0.5) is 11.5 Å². The Hall–Kier alpha value is -5.24. The normalized spacial score (nSPS) is 16.3. The zero-order valence-electron chi connectivity index (χ0n) is 22.5. The molecule has 1 saturated heterocycles. The van der Waals surface area contributed by atoms with E-state index in [9.17, 15) is 9.59 Å². The number of nitriles is 1. The van der Waals surface area contributed by atoms with E-state index < -0.39 is 0 Å². The van der Waals surface area contributed by atoms with Crippen molar-refractivity contribution in [3.05, 3.63) is 105 Å². The zero-order valence-corrected chi connectivity index (χ0v) is 22.5. The van der Waals surface area contributed by atoms with E-state index in [-0.39, 0.29) is 23.2 Å². The molecule has 1 atom stereocenters. The lowest BCUT2D eigenvalue weighted by atomic mass is 10.1. The number of hydrogen-bond donors (Lipinski definition) is 1. The van der Waals surface area contributed by atoms with Gasteiger partial charge in [0.2, 0.25) is 0 Å². The molecule has 1 amide bonds. The molecule has 2 aromatic heterocycles. The number of carbonyl (C=O) groups excluding carboxylic acids is 1. The summed E-state index contributed by atoms with van der Waals surface area (Å²) in [4.78, 5) is 40.0. The summed E-state index contributed by atoms with van der Waals surface area (Å²) < 4.78 is 6.28. The number of carbonyl (C=O) groups is 1. The summed E-state index contributed by atoms with van der Waals surface area (Å²) in [7, 11) is 0. The van der Waals surface area contributed by atoms with Crippen LogP contribution in [0.15, 0.2) is 71.9 Å². The minimum atomic E-state index is -0.213. The summed E-state index contributed by atoms with van der Waals surface area (Å²) in [5.74, 6) is 1.24. The number of nitrogens with zero attached hydrogens (tertiary/aromatic N) is 7. The molecule has 0 bridgehead atoms. The molecular weight excluding hydrogens is 520 g/mol. The molecule has 2 aromatic carbocycles. The van der Waals surface area contributed by atoms with Gasteiger partial charge in [-0.3, -0.25) is 9.59 Å². The minimum Gasteiger partial charge on any atom is -0.491 e. The number of benzene rings is 2. The molecule has 4 aromatic rings. The van der Waals surface area contributed by atoms with Gasteiger partial charge in [-0.2, -0.15) is 10.4 Å². The molecule has 0 radical (unpaired) electrons. The van der Waals surface area contributed by atoms with E-state index in [1.54, 1.807) is 31.5 Å². The molecule has 4 heterocycles. The second kappa shape index (κ2) is 11.1. The smallest absolute Gasteiger partial charge is 0.269 e. The molecular formula is C30H28N8O3. The van der Waals surface area contributed by atoms with Crippen molar-refractivity contribution in [3.8, 4) is 11.8 Å². The van der Waals surface area contributed by atoms with Crippen molar-refractivity contribution in [2.24, 2.45) is 0 Å². The van der Waals surface area contributed by atoms with Crippen LogP contribution in [-0.4, -0.2) is 63.8 Å². The highest BCUT2D eigenvalue weighted by Gasteiger charge is 2.32. The summed E-state index contributed by atoms with van der Waals surface area (Å²) in [6, 6.07) is 17.3. The first-order valence-corrected chi connectivity index (χ1v) is 13.4. The Morgan fingerprint density at radius 2 is 1.90 bits per heavy atom. The van der Waals surface area contributed by atoms with Gasteiger partial charge in [0.05, 0.1) is 30.3 Å². The van der Waals surface area contributed by atoms with Crippen LogP contribution in [0, 0.1) is 18.3 Å². The Labute approximate surface area is 236 Å². The summed E-state index contributed by atoms with van der Waals surface area (Å²) in [5.41, 5.74) is 4.32. The fourth-order valence-electron chi connectivity index (χ4n) is 5.39. The van der Waals surface area contributed by atoms with Crippen LogP contribution in [0.2, 0.25) is 0 Å². The van der Waals surface area contributed by atoms with Crippen LogP contribution in [0.1, 0.15) is 38.8 Å². The number of piperazine rings is 1. The highest BCUT2D eigenvalue weighted by Crippen LogP contribution is 2.38. The van der Waals surface area contributed by atoms with Gasteiger partial charge in [0.15, 0.2) is 5.69 Å². The van der Waals surface area contributed by atoms with Crippen LogP contribution in [0.3, 0.4) is 0 Å². The van der Waals surface area contributed by atoms with Gasteiger partial charge < -0.3 is 19.4 Å². The molecule has 1 fully saturated rings. The van der Waals surface area contributed by atoms with Gasteiger partial charge in [-0.15, -0.1) is 0 Å². The van der Waals surface area contributed by atoms with Crippen LogP contribution in [-0.2, 0) is 6.54 Å². The SMILES string of the molecule is Cc1c(N2Cc3ccccc3[C@@H]2COc2cccc(C(=O)N3CCN(c4cnc(C#N)cn4)CC3)c2)cn[nH]c1=O. The molecule has 2 aliphatic heterocycles. The Balaban J connectivity index is 1.13. The number of amides is 1. The third-order valence-electron chi connectivity index (χ3n) is 7.65. The van der Waals surface area contributed by atoms with E-state index in [4.69, 9.17) is 10.00 Å². The Morgan fingerprint density at radius 3 is 2.68 bits per heavy atom. The predicted octanol–water partition coefficient (Wildman–Crippen LogP) is 2.84. The maximum atomic E-state index is 13.3. The minimum absolute atomic E-state index is 0.0564. The molecule has 0 saturated carbocycles. The highest BCUT2D eigenvalue weighted by molar-refractivity contribution is 5.94. The van der Waals surface area contributed by atoms with E-state index in [0.717, 1.165) is 11.3 Å². The number of H-pyrrole nitrogens is 1. The molecule has 41 heavy (non-hydrogen) atoms. The monoisotopic (exact) mass is 548 g/mol. The molecule has 6 rings (SSSR count). The van der Waals surface area contributed by atoms with E-state index in [1.807, 2.05) is 35.2 Å². The van der Waals surface area contributed by atoms with E-state index in [2.05, 4.69) is 42.1 Å².